The highest BCUT2D eigenvalue weighted by atomic mass is 16.5. The van der Waals surface area contributed by atoms with Gasteiger partial charge in [0.15, 0.2) is 0 Å². The van der Waals surface area contributed by atoms with Crippen molar-refractivity contribution in [2.24, 2.45) is 5.73 Å². The highest BCUT2D eigenvalue weighted by Gasteiger charge is 2.14. The van der Waals surface area contributed by atoms with E-state index in [9.17, 15) is 19.2 Å². The molecule has 0 aliphatic carbocycles. The van der Waals surface area contributed by atoms with E-state index in [0.29, 0.717) is 25.8 Å². The maximum absolute atomic E-state index is 11.8. The summed E-state index contributed by atoms with van der Waals surface area (Å²) in [6.07, 6.45) is 1.13. The molecule has 10 nitrogen and oxygen atoms in total. The van der Waals surface area contributed by atoms with Gasteiger partial charge in [-0.1, -0.05) is 30.3 Å². The summed E-state index contributed by atoms with van der Waals surface area (Å²) in [5, 5.41) is 7.33. The molecule has 1 rings (SSSR count). The summed E-state index contributed by atoms with van der Waals surface area (Å²) in [6, 6.07) is 8.57. The van der Waals surface area contributed by atoms with Crippen LogP contribution in [0.15, 0.2) is 30.3 Å². The molecule has 5 N–H and O–H groups in total. The fraction of sp³-hybridized carbons (Fsp3) is 0.474. The number of carbonyl (C=O) groups is 4. The van der Waals surface area contributed by atoms with Gasteiger partial charge in [0.05, 0.1) is 19.7 Å². The lowest BCUT2D eigenvalue weighted by molar-refractivity contribution is -0.141. The molecule has 160 valence electrons. The molecular weight excluding hydrogens is 380 g/mol. The fourth-order valence-corrected chi connectivity index (χ4v) is 2.19. The number of rotatable bonds is 12. The molecule has 0 unspecified atom stereocenters. The van der Waals surface area contributed by atoms with Gasteiger partial charge in [0, 0.05) is 6.54 Å². The number of unbranched alkanes of at least 4 members (excludes halogenated alkanes) is 1. The summed E-state index contributed by atoms with van der Waals surface area (Å²) in [6.45, 7) is 0.0548. The topological polar surface area (TPSA) is 149 Å². The first-order chi connectivity index (χ1) is 13.9. The Morgan fingerprint density at radius 3 is 2.41 bits per heavy atom. The molecule has 0 radical (unpaired) electrons. The zero-order valence-electron chi connectivity index (χ0n) is 16.4. The third kappa shape index (κ3) is 11.3. The number of carbonyl (C=O) groups excluding carboxylic acids is 4. The van der Waals surface area contributed by atoms with Crippen LogP contribution in [0, 0.1) is 0 Å². The number of hydrogen-bond acceptors (Lipinski definition) is 7. The number of amides is 3. The number of nitrogens with one attached hydrogen (secondary N) is 3. The van der Waals surface area contributed by atoms with Gasteiger partial charge in [0.1, 0.15) is 13.2 Å². The first-order valence-electron chi connectivity index (χ1n) is 9.23. The van der Waals surface area contributed by atoms with Crippen molar-refractivity contribution >= 4 is 23.9 Å². The molecule has 0 heterocycles. The SMILES string of the molecule is COC(=O)CNC(=O)CNC(=O)[C@@H](N)CCCCNC(=O)OCc1ccccc1. The van der Waals surface area contributed by atoms with E-state index in [4.69, 9.17) is 10.5 Å². The van der Waals surface area contributed by atoms with Crippen LogP contribution in [0.1, 0.15) is 24.8 Å². The van der Waals surface area contributed by atoms with E-state index in [-0.39, 0.29) is 19.7 Å². The normalized spacial score (nSPS) is 11.1. The van der Waals surface area contributed by atoms with Gasteiger partial charge in [0.25, 0.3) is 0 Å². The summed E-state index contributed by atoms with van der Waals surface area (Å²) >= 11 is 0. The minimum atomic E-state index is -0.770. The molecule has 10 heteroatoms. The number of nitrogens with two attached hydrogens (primary N) is 1. The predicted octanol–water partition coefficient (Wildman–Crippen LogP) is -0.184. The first kappa shape index (κ1) is 23.9. The van der Waals surface area contributed by atoms with Crippen molar-refractivity contribution in [3.05, 3.63) is 35.9 Å². The van der Waals surface area contributed by atoms with Gasteiger partial charge in [-0.3, -0.25) is 14.4 Å². The van der Waals surface area contributed by atoms with Crippen LogP contribution in [0.5, 0.6) is 0 Å². The fourth-order valence-electron chi connectivity index (χ4n) is 2.19. The number of esters is 1. The van der Waals surface area contributed by atoms with Crippen molar-refractivity contribution in [2.75, 3.05) is 26.7 Å². The number of ether oxygens (including phenoxy) is 2. The van der Waals surface area contributed by atoms with Gasteiger partial charge in [-0.15, -0.1) is 0 Å². The third-order valence-electron chi connectivity index (χ3n) is 3.84. The van der Waals surface area contributed by atoms with Crippen molar-refractivity contribution < 1.29 is 28.7 Å². The van der Waals surface area contributed by atoms with Crippen LogP contribution in [-0.2, 0) is 30.5 Å². The molecule has 29 heavy (non-hydrogen) atoms. The molecule has 3 amide bonds. The summed E-state index contributed by atoms with van der Waals surface area (Å²) in [5.41, 5.74) is 6.67. The van der Waals surface area contributed by atoms with Crippen molar-refractivity contribution in [1.29, 1.82) is 0 Å². The number of benzene rings is 1. The van der Waals surface area contributed by atoms with Gasteiger partial charge in [-0.25, -0.2) is 4.79 Å². The van der Waals surface area contributed by atoms with E-state index in [2.05, 4.69) is 20.7 Å². The Morgan fingerprint density at radius 2 is 1.72 bits per heavy atom. The predicted molar refractivity (Wildman–Crippen MR) is 104 cm³/mol. The van der Waals surface area contributed by atoms with Crippen LogP contribution in [0.25, 0.3) is 0 Å². The summed E-state index contributed by atoms with van der Waals surface area (Å²) < 4.78 is 9.47. The Morgan fingerprint density at radius 1 is 1.00 bits per heavy atom. The Bertz CT molecular complexity index is 668. The average molecular weight is 408 g/mol. The summed E-state index contributed by atoms with van der Waals surface area (Å²) in [5.74, 6) is -1.57. The number of alkyl carbamates (subject to hydrolysis) is 1. The first-order valence-corrected chi connectivity index (χ1v) is 9.23. The molecule has 1 atom stereocenters. The van der Waals surface area contributed by atoms with E-state index in [1.807, 2.05) is 30.3 Å². The second-order valence-corrected chi connectivity index (χ2v) is 6.16. The van der Waals surface area contributed by atoms with Crippen molar-refractivity contribution in [3.63, 3.8) is 0 Å². The highest BCUT2D eigenvalue weighted by molar-refractivity contribution is 5.88. The molecule has 0 aliphatic heterocycles. The Kier molecular flexibility index (Phi) is 11.5. The van der Waals surface area contributed by atoms with Crippen molar-refractivity contribution in [1.82, 2.24) is 16.0 Å². The van der Waals surface area contributed by atoms with E-state index in [0.717, 1.165) is 5.56 Å². The zero-order valence-corrected chi connectivity index (χ0v) is 16.4. The zero-order chi connectivity index (χ0) is 21.5. The average Bonchev–Trinajstić information content (AvgIpc) is 2.74. The van der Waals surface area contributed by atoms with Crippen molar-refractivity contribution in [2.45, 2.75) is 31.9 Å². The van der Waals surface area contributed by atoms with Crippen LogP contribution in [0.3, 0.4) is 0 Å². The monoisotopic (exact) mass is 408 g/mol. The Balaban J connectivity index is 2.06. The van der Waals surface area contributed by atoms with Crippen LogP contribution < -0.4 is 21.7 Å². The number of hydrogen-bond donors (Lipinski definition) is 4. The second-order valence-electron chi connectivity index (χ2n) is 6.16. The molecular formula is C19H28N4O6. The lowest BCUT2D eigenvalue weighted by Gasteiger charge is -2.12. The number of methoxy groups -OCH3 is 1. The van der Waals surface area contributed by atoms with Crippen LogP contribution in [0.2, 0.25) is 0 Å². The van der Waals surface area contributed by atoms with Gasteiger partial charge in [-0.05, 0) is 24.8 Å². The molecule has 0 bridgehead atoms. The quantitative estimate of drug-likeness (QED) is 0.277. The highest BCUT2D eigenvalue weighted by Crippen LogP contribution is 2.01. The largest absolute Gasteiger partial charge is 0.468 e. The van der Waals surface area contributed by atoms with E-state index in [1.54, 1.807) is 0 Å². The van der Waals surface area contributed by atoms with Crippen LogP contribution >= 0.6 is 0 Å². The van der Waals surface area contributed by atoms with E-state index >= 15 is 0 Å². The Labute approximate surface area is 169 Å². The smallest absolute Gasteiger partial charge is 0.407 e. The van der Waals surface area contributed by atoms with Gasteiger partial charge >= 0.3 is 12.1 Å². The van der Waals surface area contributed by atoms with Crippen molar-refractivity contribution in [3.8, 4) is 0 Å². The minimum absolute atomic E-state index is 0.199. The minimum Gasteiger partial charge on any atom is -0.468 e. The molecule has 1 aromatic carbocycles. The molecule has 0 saturated carbocycles. The van der Waals surface area contributed by atoms with Crippen LogP contribution in [0.4, 0.5) is 4.79 Å². The van der Waals surface area contributed by atoms with Gasteiger partial charge < -0.3 is 31.2 Å². The van der Waals surface area contributed by atoms with Crippen LogP contribution in [-0.4, -0.2) is 56.7 Å². The summed E-state index contributed by atoms with van der Waals surface area (Å²) in [4.78, 5) is 45.8. The lowest BCUT2D eigenvalue weighted by Crippen LogP contribution is -2.45. The summed E-state index contributed by atoms with van der Waals surface area (Å²) in [7, 11) is 1.21. The maximum Gasteiger partial charge on any atom is 0.407 e. The maximum atomic E-state index is 11.8. The third-order valence-corrected chi connectivity index (χ3v) is 3.84. The Hall–Kier alpha value is -3.14. The molecule has 0 saturated heterocycles. The standard InChI is InChI=1S/C19H28N4O6/c1-28-17(25)12-22-16(24)11-23-18(26)15(20)9-5-6-10-21-19(27)29-13-14-7-3-2-4-8-14/h2-4,7-8,15H,5-6,9-13,20H2,1H3,(H,21,27)(H,22,24)(H,23,26)/t15-/m0/s1. The van der Waals surface area contributed by atoms with Gasteiger partial charge in [0.2, 0.25) is 11.8 Å². The van der Waals surface area contributed by atoms with Gasteiger partial charge in [-0.2, -0.15) is 0 Å². The second kappa shape index (κ2) is 13.9. The molecule has 0 aliphatic rings. The van der Waals surface area contributed by atoms with E-state index in [1.165, 1.54) is 7.11 Å². The lowest BCUT2D eigenvalue weighted by atomic mass is 10.1. The van der Waals surface area contributed by atoms with E-state index < -0.39 is 29.9 Å². The molecule has 0 fully saturated rings. The molecule has 0 aromatic heterocycles. The molecule has 1 aromatic rings. The molecule has 0 spiro atoms.